The van der Waals surface area contributed by atoms with Crippen molar-refractivity contribution in [1.29, 1.82) is 0 Å². The number of rotatable bonds is 6. The fourth-order valence-electron chi connectivity index (χ4n) is 3.45. The molecule has 10 nitrogen and oxygen atoms in total. The van der Waals surface area contributed by atoms with Gasteiger partial charge in [-0.15, -0.1) is 0 Å². The Bertz CT molecular complexity index is 719. The summed E-state index contributed by atoms with van der Waals surface area (Å²) in [7, 11) is 3.91. The molecule has 3 atom stereocenters. The summed E-state index contributed by atoms with van der Waals surface area (Å²) in [6.07, 6.45) is 2.49. The third kappa shape index (κ3) is 3.59. The molecule has 0 radical (unpaired) electrons. The Morgan fingerprint density at radius 2 is 2.04 bits per heavy atom. The lowest BCUT2D eigenvalue weighted by atomic mass is 9.95. The average Bonchev–Trinajstić information content (AvgIpc) is 3.34. The number of carbonyl (C=O) groups is 2. The van der Waals surface area contributed by atoms with Gasteiger partial charge in [0.05, 0.1) is 13.2 Å². The van der Waals surface area contributed by atoms with E-state index in [1.165, 1.54) is 28.2 Å². The number of nitrogens with zero attached hydrogens (tertiary/aromatic N) is 3. The van der Waals surface area contributed by atoms with Crippen molar-refractivity contribution in [2.75, 3.05) is 27.8 Å². The standard InChI is InChI=1S/C18H32N6O4/c1-11(2)12-10-21-14(22-12)13-8-7-9-24(13)15(25)18(20,17(3,19)28-6)23(4)16(26)27-5/h10-11,13H,7-9,19-20H2,1-6H3,(H,21,22). The smallest absolute Gasteiger partial charge is 0.411 e. The Morgan fingerprint density at radius 1 is 1.39 bits per heavy atom. The van der Waals surface area contributed by atoms with Crippen LogP contribution in [0, 0.1) is 0 Å². The second-order valence-electron chi connectivity index (χ2n) is 7.64. The first kappa shape index (κ1) is 22.1. The zero-order valence-corrected chi connectivity index (χ0v) is 17.5. The normalized spacial score (nSPS) is 21.3. The van der Waals surface area contributed by atoms with Crippen molar-refractivity contribution in [2.24, 2.45) is 11.5 Å². The lowest BCUT2D eigenvalue weighted by molar-refractivity contribution is -0.166. The molecule has 158 valence electrons. The number of hydrogen-bond donors (Lipinski definition) is 3. The first-order chi connectivity index (χ1) is 13.0. The van der Waals surface area contributed by atoms with Gasteiger partial charge in [0.15, 0.2) is 5.72 Å². The predicted octanol–water partition coefficient (Wildman–Crippen LogP) is 0.871. The number of ether oxygens (including phenoxy) is 2. The van der Waals surface area contributed by atoms with E-state index in [-0.39, 0.29) is 12.0 Å². The molecule has 0 saturated carbocycles. The number of H-pyrrole nitrogens is 1. The largest absolute Gasteiger partial charge is 0.453 e. The molecule has 1 fully saturated rings. The summed E-state index contributed by atoms with van der Waals surface area (Å²) in [4.78, 5) is 36.1. The Kier molecular flexibility index (Phi) is 6.37. The van der Waals surface area contributed by atoms with Crippen LogP contribution in [0.5, 0.6) is 0 Å². The van der Waals surface area contributed by atoms with Crippen LogP contribution in [0.4, 0.5) is 4.79 Å². The fourth-order valence-corrected chi connectivity index (χ4v) is 3.45. The van der Waals surface area contributed by atoms with Crippen LogP contribution in [-0.2, 0) is 14.3 Å². The molecular weight excluding hydrogens is 364 g/mol. The van der Waals surface area contributed by atoms with E-state index < -0.39 is 23.4 Å². The van der Waals surface area contributed by atoms with Crippen LogP contribution in [0.25, 0.3) is 0 Å². The summed E-state index contributed by atoms with van der Waals surface area (Å²) in [6.45, 7) is 6.04. The Labute approximate surface area is 165 Å². The molecule has 1 saturated heterocycles. The Morgan fingerprint density at radius 3 is 2.54 bits per heavy atom. The van der Waals surface area contributed by atoms with Gasteiger partial charge in [-0.3, -0.25) is 15.4 Å². The van der Waals surface area contributed by atoms with Crippen molar-refractivity contribution >= 4 is 12.0 Å². The molecule has 1 aromatic heterocycles. The fraction of sp³-hybridized carbons (Fsp3) is 0.722. The lowest BCUT2D eigenvalue weighted by Gasteiger charge is -2.47. The molecule has 0 aliphatic carbocycles. The zero-order chi connectivity index (χ0) is 21.3. The second kappa shape index (κ2) is 8.06. The van der Waals surface area contributed by atoms with Crippen molar-refractivity contribution in [3.05, 3.63) is 17.7 Å². The molecule has 1 aromatic rings. The van der Waals surface area contributed by atoms with E-state index in [2.05, 4.69) is 23.8 Å². The quantitative estimate of drug-likeness (QED) is 0.606. The van der Waals surface area contributed by atoms with E-state index in [1.54, 1.807) is 11.1 Å². The van der Waals surface area contributed by atoms with Crippen molar-refractivity contribution in [3.8, 4) is 0 Å². The number of nitrogens with two attached hydrogens (primary N) is 2. The van der Waals surface area contributed by atoms with Crippen LogP contribution in [0.1, 0.15) is 57.1 Å². The maximum Gasteiger partial charge on any atom is 0.411 e. The molecule has 10 heteroatoms. The van der Waals surface area contributed by atoms with Crippen molar-refractivity contribution in [1.82, 2.24) is 19.8 Å². The van der Waals surface area contributed by atoms with Crippen LogP contribution in [0.2, 0.25) is 0 Å². The highest BCUT2D eigenvalue weighted by atomic mass is 16.5. The van der Waals surface area contributed by atoms with Gasteiger partial charge in [-0.05, 0) is 25.7 Å². The third-order valence-electron chi connectivity index (χ3n) is 5.55. The maximum atomic E-state index is 13.6. The van der Waals surface area contributed by atoms with Crippen LogP contribution >= 0.6 is 0 Å². The minimum absolute atomic E-state index is 0.284. The number of likely N-dealkylation sites (N-methyl/N-ethyl adjacent to an activating group) is 1. The van der Waals surface area contributed by atoms with E-state index in [1.807, 2.05) is 0 Å². The van der Waals surface area contributed by atoms with Gasteiger partial charge in [0.25, 0.3) is 5.91 Å². The monoisotopic (exact) mass is 396 g/mol. The van der Waals surface area contributed by atoms with Gasteiger partial charge in [-0.2, -0.15) is 0 Å². The summed E-state index contributed by atoms with van der Waals surface area (Å²) < 4.78 is 10.1. The number of nitrogens with one attached hydrogen (secondary N) is 1. The summed E-state index contributed by atoms with van der Waals surface area (Å²) in [5, 5.41) is 0. The van der Waals surface area contributed by atoms with Crippen LogP contribution < -0.4 is 11.5 Å². The third-order valence-corrected chi connectivity index (χ3v) is 5.55. The Balaban J connectivity index is 2.43. The van der Waals surface area contributed by atoms with E-state index >= 15 is 0 Å². The van der Waals surface area contributed by atoms with E-state index in [4.69, 9.17) is 20.9 Å². The molecular formula is C18H32N6O4. The number of likely N-dealkylation sites (tertiary alicyclic amines) is 1. The number of amides is 2. The second-order valence-corrected chi connectivity index (χ2v) is 7.64. The minimum Gasteiger partial charge on any atom is -0.453 e. The van der Waals surface area contributed by atoms with Gasteiger partial charge in [0, 0.05) is 32.6 Å². The summed E-state index contributed by atoms with van der Waals surface area (Å²) >= 11 is 0. The zero-order valence-electron chi connectivity index (χ0n) is 17.5. The first-order valence-corrected chi connectivity index (χ1v) is 9.31. The topological polar surface area (TPSA) is 140 Å². The molecule has 5 N–H and O–H groups in total. The average molecular weight is 396 g/mol. The SMILES string of the molecule is COC(=O)N(C)C(N)(C(=O)N1CCCC1c1ncc(C(C)C)[nH]1)C(C)(N)OC. The molecule has 2 heterocycles. The maximum absolute atomic E-state index is 13.6. The van der Waals surface area contributed by atoms with Crippen LogP contribution in [-0.4, -0.2) is 71.0 Å². The highest BCUT2D eigenvalue weighted by Gasteiger charge is 2.58. The summed E-state index contributed by atoms with van der Waals surface area (Å²) in [5.74, 6) is 0.442. The molecule has 1 aliphatic rings. The molecule has 0 aromatic carbocycles. The molecule has 2 amide bonds. The number of aromatic amines is 1. The van der Waals surface area contributed by atoms with E-state index in [0.717, 1.165) is 23.4 Å². The van der Waals surface area contributed by atoms with Gasteiger partial charge in [-0.25, -0.2) is 9.78 Å². The van der Waals surface area contributed by atoms with Gasteiger partial charge in [-0.1, -0.05) is 13.8 Å². The highest BCUT2D eigenvalue weighted by molar-refractivity contribution is 5.91. The van der Waals surface area contributed by atoms with Crippen LogP contribution in [0.15, 0.2) is 6.20 Å². The van der Waals surface area contributed by atoms with Crippen molar-refractivity contribution < 1.29 is 19.1 Å². The summed E-state index contributed by atoms with van der Waals surface area (Å²) in [6, 6.07) is -0.290. The van der Waals surface area contributed by atoms with Gasteiger partial charge >= 0.3 is 6.09 Å². The first-order valence-electron chi connectivity index (χ1n) is 9.31. The van der Waals surface area contributed by atoms with Gasteiger partial charge < -0.3 is 25.1 Å². The van der Waals surface area contributed by atoms with Crippen molar-refractivity contribution in [3.63, 3.8) is 0 Å². The number of methoxy groups -OCH3 is 2. The van der Waals surface area contributed by atoms with Gasteiger partial charge in [0.1, 0.15) is 5.82 Å². The molecule has 3 unspecified atom stereocenters. The molecule has 0 spiro atoms. The number of carbonyl (C=O) groups excluding carboxylic acids is 2. The molecule has 28 heavy (non-hydrogen) atoms. The number of aromatic nitrogens is 2. The number of hydrogen-bond acceptors (Lipinski definition) is 7. The van der Waals surface area contributed by atoms with E-state index in [0.29, 0.717) is 12.4 Å². The van der Waals surface area contributed by atoms with Crippen molar-refractivity contribution in [2.45, 2.75) is 57.0 Å². The minimum atomic E-state index is -1.98. The van der Waals surface area contributed by atoms with Crippen LogP contribution in [0.3, 0.4) is 0 Å². The molecule has 0 bridgehead atoms. The predicted molar refractivity (Wildman–Crippen MR) is 103 cm³/mol. The van der Waals surface area contributed by atoms with E-state index in [9.17, 15) is 9.59 Å². The summed E-state index contributed by atoms with van der Waals surface area (Å²) in [5.41, 5.74) is 10.0. The lowest BCUT2D eigenvalue weighted by Crippen LogP contribution is -2.79. The molecule has 2 rings (SSSR count). The number of imidazole rings is 1. The molecule has 1 aliphatic heterocycles. The Hall–Kier alpha value is -2.17. The van der Waals surface area contributed by atoms with Gasteiger partial charge in [0.2, 0.25) is 5.66 Å². The highest BCUT2D eigenvalue weighted by Crippen LogP contribution is 2.35.